The molecule has 0 aliphatic carbocycles. The molecule has 25 heavy (non-hydrogen) atoms. The molecule has 0 fully saturated rings. The number of benzene rings is 2. The Labute approximate surface area is 154 Å². The molecule has 3 rings (SSSR count). The largest absolute Gasteiger partial charge is 0.339 e. The molecule has 1 heterocycles. The molecule has 0 amide bonds. The minimum Gasteiger partial charge on any atom is -0.339 e. The standard InChI is InChI=1S/C19H16BrN5/c1-12-7-8-17(15(20)9-12)25-19-10-18(22-13(2)23-19)24-16-6-4-3-5-14(16)11-21/h3-10H,1-2H3,(H2,22,23,24,25). The molecule has 0 saturated carbocycles. The van der Waals surface area contributed by atoms with Crippen molar-refractivity contribution in [2.75, 3.05) is 10.6 Å². The zero-order chi connectivity index (χ0) is 17.8. The monoisotopic (exact) mass is 393 g/mol. The molecule has 6 heteroatoms. The van der Waals surface area contributed by atoms with E-state index in [0.29, 0.717) is 28.7 Å². The first-order valence-electron chi connectivity index (χ1n) is 7.70. The maximum atomic E-state index is 9.21. The van der Waals surface area contributed by atoms with Gasteiger partial charge in [0.25, 0.3) is 0 Å². The Morgan fingerprint density at radius 3 is 2.28 bits per heavy atom. The van der Waals surface area contributed by atoms with E-state index in [2.05, 4.69) is 42.6 Å². The number of nitrogens with zero attached hydrogens (tertiary/aromatic N) is 3. The van der Waals surface area contributed by atoms with Crippen molar-refractivity contribution in [3.8, 4) is 6.07 Å². The number of hydrogen-bond donors (Lipinski definition) is 2. The van der Waals surface area contributed by atoms with Crippen LogP contribution in [0.25, 0.3) is 0 Å². The summed E-state index contributed by atoms with van der Waals surface area (Å²) in [5.41, 5.74) is 3.37. The number of halogens is 1. The van der Waals surface area contributed by atoms with E-state index in [-0.39, 0.29) is 0 Å². The van der Waals surface area contributed by atoms with Gasteiger partial charge in [0.05, 0.1) is 16.9 Å². The van der Waals surface area contributed by atoms with Gasteiger partial charge in [-0.1, -0.05) is 18.2 Å². The first kappa shape index (κ1) is 16.9. The molecule has 3 aromatic rings. The van der Waals surface area contributed by atoms with Gasteiger partial charge >= 0.3 is 0 Å². The Bertz CT molecular complexity index is 962. The Morgan fingerprint density at radius 1 is 0.920 bits per heavy atom. The highest BCUT2D eigenvalue weighted by Crippen LogP contribution is 2.27. The smallest absolute Gasteiger partial charge is 0.136 e. The topological polar surface area (TPSA) is 73.6 Å². The highest BCUT2D eigenvalue weighted by Gasteiger charge is 2.07. The summed E-state index contributed by atoms with van der Waals surface area (Å²) in [6.07, 6.45) is 0. The molecule has 0 radical (unpaired) electrons. The van der Waals surface area contributed by atoms with Crippen molar-refractivity contribution in [1.29, 1.82) is 5.26 Å². The second-order valence-electron chi connectivity index (χ2n) is 5.58. The predicted molar refractivity (Wildman–Crippen MR) is 103 cm³/mol. The Hall–Kier alpha value is -2.91. The lowest BCUT2D eigenvalue weighted by Gasteiger charge is -2.12. The van der Waals surface area contributed by atoms with Crippen molar-refractivity contribution in [3.63, 3.8) is 0 Å². The molecule has 0 saturated heterocycles. The van der Waals surface area contributed by atoms with Crippen LogP contribution in [0.1, 0.15) is 17.0 Å². The van der Waals surface area contributed by atoms with Gasteiger partial charge in [-0.25, -0.2) is 9.97 Å². The first-order valence-corrected chi connectivity index (χ1v) is 8.49. The molecule has 0 spiro atoms. The van der Waals surface area contributed by atoms with Gasteiger partial charge in [-0.05, 0) is 59.6 Å². The average Bonchev–Trinajstić information content (AvgIpc) is 2.57. The third kappa shape index (κ3) is 4.14. The van der Waals surface area contributed by atoms with Gasteiger partial charge in [0.1, 0.15) is 23.5 Å². The van der Waals surface area contributed by atoms with Crippen LogP contribution in [0.2, 0.25) is 0 Å². The summed E-state index contributed by atoms with van der Waals surface area (Å²) < 4.78 is 0.966. The van der Waals surface area contributed by atoms with E-state index in [4.69, 9.17) is 0 Å². The summed E-state index contributed by atoms with van der Waals surface area (Å²) in [6.45, 7) is 3.87. The molecular weight excluding hydrogens is 378 g/mol. The van der Waals surface area contributed by atoms with Crippen molar-refractivity contribution >= 4 is 38.9 Å². The van der Waals surface area contributed by atoms with Crippen LogP contribution in [0.15, 0.2) is 53.0 Å². The van der Waals surface area contributed by atoms with E-state index in [1.165, 1.54) is 5.56 Å². The fraction of sp³-hybridized carbons (Fsp3) is 0.105. The Balaban J connectivity index is 1.89. The third-order valence-electron chi connectivity index (χ3n) is 3.54. The second kappa shape index (κ2) is 7.32. The fourth-order valence-electron chi connectivity index (χ4n) is 2.38. The maximum absolute atomic E-state index is 9.21. The van der Waals surface area contributed by atoms with E-state index in [0.717, 1.165) is 10.2 Å². The molecule has 124 valence electrons. The molecule has 0 aliphatic rings. The van der Waals surface area contributed by atoms with Crippen molar-refractivity contribution in [1.82, 2.24) is 9.97 Å². The van der Waals surface area contributed by atoms with Crippen LogP contribution in [0.5, 0.6) is 0 Å². The minimum absolute atomic E-state index is 0.564. The van der Waals surface area contributed by atoms with Crippen LogP contribution in [0.4, 0.5) is 23.0 Å². The highest BCUT2D eigenvalue weighted by atomic mass is 79.9. The van der Waals surface area contributed by atoms with Gasteiger partial charge in [-0.3, -0.25) is 0 Å². The van der Waals surface area contributed by atoms with Gasteiger partial charge in [-0.2, -0.15) is 5.26 Å². The molecule has 0 atom stereocenters. The van der Waals surface area contributed by atoms with E-state index in [1.54, 1.807) is 6.07 Å². The summed E-state index contributed by atoms with van der Waals surface area (Å²) in [7, 11) is 0. The van der Waals surface area contributed by atoms with Crippen LogP contribution >= 0.6 is 15.9 Å². The number of aryl methyl sites for hydroxylation is 2. The van der Waals surface area contributed by atoms with E-state index in [9.17, 15) is 5.26 Å². The van der Waals surface area contributed by atoms with Crippen LogP contribution < -0.4 is 10.6 Å². The summed E-state index contributed by atoms with van der Waals surface area (Å²) in [6, 6.07) is 17.4. The van der Waals surface area contributed by atoms with E-state index < -0.39 is 0 Å². The molecule has 2 aromatic carbocycles. The maximum Gasteiger partial charge on any atom is 0.136 e. The molecule has 5 nitrogen and oxygen atoms in total. The molecule has 0 aliphatic heterocycles. The number of aromatic nitrogens is 2. The lowest BCUT2D eigenvalue weighted by Crippen LogP contribution is -2.02. The number of anilines is 4. The minimum atomic E-state index is 0.564. The van der Waals surface area contributed by atoms with E-state index >= 15 is 0 Å². The van der Waals surface area contributed by atoms with Gasteiger partial charge in [0, 0.05) is 10.5 Å². The predicted octanol–water partition coefficient (Wildman–Crippen LogP) is 5.21. The van der Waals surface area contributed by atoms with Crippen molar-refractivity contribution in [3.05, 3.63) is 70.0 Å². The van der Waals surface area contributed by atoms with Crippen LogP contribution in [-0.2, 0) is 0 Å². The van der Waals surface area contributed by atoms with Crippen LogP contribution in [0, 0.1) is 25.2 Å². The number of nitrogens with one attached hydrogen (secondary N) is 2. The summed E-state index contributed by atoms with van der Waals surface area (Å²) in [4.78, 5) is 8.83. The lowest BCUT2D eigenvalue weighted by atomic mass is 10.2. The Kier molecular flexibility index (Phi) is 4.96. The molecular formula is C19H16BrN5. The van der Waals surface area contributed by atoms with Gasteiger partial charge in [0.2, 0.25) is 0 Å². The number of nitriles is 1. The average molecular weight is 394 g/mol. The van der Waals surface area contributed by atoms with Gasteiger partial charge in [-0.15, -0.1) is 0 Å². The molecule has 0 bridgehead atoms. The molecule has 1 aromatic heterocycles. The molecule has 2 N–H and O–H groups in total. The molecule has 0 unspecified atom stereocenters. The quantitative estimate of drug-likeness (QED) is 0.635. The Morgan fingerprint density at radius 2 is 1.60 bits per heavy atom. The van der Waals surface area contributed by atoms with Gasteiger partial charge < -0.3 is 10.6 Å². The first-order chi connectivity index (χ1) is 12.0. The summed E-state index contributed by atoms with van der Waals surface area (Å²) in [5, 5.41) is 15.7. The SMILES string of the molecule is Cc1ccc(Nc2cc(Nc3ccccc3C#N)nc(C)n2)c(Br)c1. The van der Waals surface area contributed by atoms with Gasteiger partial charge in [0.15, 0.2) is 0 Å². The van der Waals surface area contributed by atoms with Crippen molar-refractivity contribution in [2.24, 2.45) is 0 Å². The summed E-state index contributed by atoms with van der Waals surface area (Å²) >= 11 is 3.56. The van der Waals surface area contributed by atoms with Crippen molar-refractivity contribution < 1.29 is 0 Å². The zero-order valence-electron chi connectivity index (χ0n) is 13.8. The van der Waals surface area contributed by atoms with Crippen LogP contribution in [0.3, 0.4) is 0 Å². The van der Waals surface area contributed by atoms with Crippen LogP contribution in [-0.4, -0.2) is 9.97 Å². The highest BCUT2D eigenvalue weighted by molar-refractivity contribution is 9.10. The van der Waals surface area contributed by atoms with Crippen molar-refractivity contribution in [2.45, 2.75) is 13.8 Å². The number of rotatable bonds is 4. The lowest BCUT2D eigenvalue weighted by molar-refractivity contribution is 1.06. The second-order valence-corrected chi connectivity index (χ2v) is 6.43. The fourth-order valence-corrected chi connectivity index (χ4v) is 2.98. The third-order valence-corrected chi connectivity index (χ3v) is 4.19. The zero-order valence-corrected chi connectivity index (χ0v) is 15.4. The normalized spacial score (nSPS) is 10.2. The summed E-state index contributed by atoms with van der Waals surface area (Å²) in [5.74, 6) is 1.93. The number of para-hydroxylation sites is 1. The number of hydrogen-bond acceptors (Lipinski definition) is 5. The van der Waals surface area contributed by atoms with E-state index in [1.807, 2.05) is 56.3 Å².